The van der Waals surface area contributed by atoms with Crippen LogP contribution in [0.4, 0.5) is 0 Å². The van der Waals surface area contributed by atoms with E-state index in [1.807, 2.05) is 6.92 Å². The molecule has 1 aromatic carbocycles. The number of nitrogens with zero attached hydrogens (tertiary/aromatic N) is 1. The lowest BCUT2D eigenvalue weighted by Gasteiger charge is -2.30. The topological polar surface area (TPSA) is 42.7 Å². The molecule has 0 amide bonds. The summed E-state index contributed by atoms with van der Waals surface area (Å²) in [5, 5.41) is 1.13. The van der Waals surface area contributed by atoms with Crippen LogP contribution in [0.25, 0.3) is 11.0 Å². The minimum atomic E-state index is -0.154. The van der Waals surface area contributed by atoms with Gasteiger partial charge < -0.3 is 9.15 Å². The van der Waals surface area contributed by atoms with Crippen LogP contribution >= 0.6 is 0 Å². The summed E-state index contributed by atoms with van der Waals surface area (Å²) in [4.78, 5) is 14.6. The molecule has 1 saturated carbocycles. The molecule has 22 heavy (non-hydrogen) atoms. The van der Waals surface area contributed by atoms with Gasteiger partial charge in [0.1, 0.15) is 18.1 Å². The molecule has 0 N–H and O–H groups in total. The lowest BCUT2D eigenvalue weighted by atomic mass is 9.99. The van der Waals surface area contributed by atoms with E-state index in [1.165, 1.54) is 24.0 Å². The fourth-order valence-electron chi connectivity index (χ4n) is 4.03. The maximum absolute atomic E-state index is 12.2. The molecular formula is C18H19NO3. The molecule has 5 rings (SSSR count). The van der Waals surface area contributed by atoms with Gasteiger partial charge in [0.25, 0.3) is 0 Å². The van der Waals surface area contributed by atoms with E-state index in [-0.39, 0.29) is 5.63 Å². The Morgan fingerprint density at radius 2 is 2.05 bits per heavy atom. The molecule has 4 nitrogen and oxygen atoms in total. The highest BCUT2D eigenvalue weighted by Crippen LogP contribution is 2.40. The van der Waals surface area contributed by atoms with Crippen LogP contribution in [0.15, 0.2) is 15.3 Å². The van der Waals surface area contributed by atoms with Gasteiger partial charge in [0.2, 0.25) is 0 Å². The number of rotatable bonds is 1. The molecule has 1 aliphatic heterocycles. The fourth-order valence-corrected chi connectivity index (χ4v) is 4.03. The summed E-state index contributed by atoms with van der Waals surface area (Å²) in [6, 6.07) is 2.91. The third kappa shape index (κ3) is 1.70. The number of fused-ring (bicyclic) bond motifs is 4. The number of aryl methyl sites for hydroxylation is 2. The highest BCUT2D eigenvalue weighted by Gasteiger charge is 2.33. The standard InChI is InChI=1S/C18H19NO3/c1-10-16-11(8-19(9-21-16)12-5-6-12)7-15-13-3-2-4-14(13)18(20)22-17(10)15/h7,12H,2-6,8-9H2,1H3. The summed E-state index contributed by atoms with van der Waals surface area (Å²) in [6.07, 6.45) is 5.47. The molecule has 3 aliphatic rings. The summed E-state index contributed by atoms with van der Waals surface area (Å²) in [5.41, 5.74) is 4.90. The average molecular weight is 297 g/mol. The molecule has 114 valence electrons. The second-order valence-electron chi connectivity index (χ2n) is 6.82. The molecule has 0 saturated heterocycles. The summed E-state index contributed by atoms with van der Waals surface area (Å²) < 4.78 is 11.6. The van der Waals surface area contributed by atoms with E-state index in [9.17, 15) is 4.79 Å². The van der Waals surface area contributed by atoms with Gasteiger partial charge >= 0.3 is 5.63 Å². The third-order valence-corrected chi connectivity index (χ3v) is 5.33. The van der Waals surface area contributed by atoms with Gasteiger partial charge in [0, 0.05) is 34.7 Å². The zero-order valence-corrected chi connectivity index (χ0v) is 12.8. The number of ether oxygens (including phenoxy) is 1. The van der Waals surface area contributed by atoms with Crippen LogP contribution in [0.5, 0.6) is 5.75 Å². The first-order valence-electron chi connectivity index (χ1n) is 8.20. The molecular weight excluding hydrogens is 278 g/mol. The Balaban J connectivity index is 1.74. The maximum Gasteiger partial charge on any atom is 0.339 e. The van der Waals surface area contributed by atoms with Crippen LogP contribution in [0, 0.1) is 6.92 Å². The number of hydrogen-bond donors (Lipinski definition) is 0. The molecule has 0 bridgehead atoms. The molecule has 1 fully saturated rings. The Labute approximate surface area is 128 Å². The van der Waals surface area contributed by atoms with Crippen LogP contribution in [0.1, 0.15) is 41.5 Å². The summed E-state index contributed by atoms with van der Waals surface area (Å²) in [6.45, 7) is 3.61. The molecule has 0 spiro atoms. The number of hydrogen-bond acceptors (Lipinski definition) is 4. The summed E-state index contributed by atoms with van der Waals surface area (Å²) >= 11 is 0. The largest absolute Gasteiger partial charge is 0.477 e. The van der Waals surface area contributed by atoms with Gasteiger partial charge in [0.05, 0.1) is 0 Å². The monoisotopic (exact) mass is 297 g/mol. The Morgan fingerprint density at radius 1 is 1.23 bits per heavy atom. The van der Waals surface area contributed by atoms with Crippen molar-refractivity contribution in [3.63, 3.8) is 0 Å². The molecule has 1 aromatic heterocycles. The van der Waals surface area contributed by atoms with Crippen molar-refractivity contribution in [3.05, 3.63) is 38.7 Å². The molecule has 0 radical (unpaired) electrons. The number of benzene rings is 1. The van der Waals surface area contributed by atoms with Crippen molar-refractivity contribution < 1.29 is 9.15 Å². The van der Waals surface area contributed by atoms with Crippen LogP contribution in [0.3, 0.4) is 0 Å². The predicted molar refractivity (Wildman–Crippen MR) is 83.3 cm³/mol. The lowest BCUT2D eigenvalue weighted by Crippen LogP contribution is -2.34. The van der Waals surface area contributed by atoms with E-state index in [4.69, 9.17) is 9.15 Å². The zero-order valence-electron chi connectivity index (χ0n) is 12.8. The second-order valence-corrected chi connectivity index (χ2v) is 6.82. The Morgan fingerprint density at radius 3 is 2.86 bits per heavy atom. The lowest BCUT2D eigenvalue weighted by molar-refractivity contribution is 0.0876. The quantitative estimate of drug-likeness (QED) is 0.759. The van der Waals surface area contributed by atoms with Crippen molar-refractivity contribution in [2.45, 2.75) is 51.6 Å². The molecule has 0 unspecified atom stereocenters. The van der Waals surface area contributed by atoms with Crippen molar-refractivity contribution in [2.75, 3.05) is 6.73 Å². The molecule has 0 atom stereocenters. The van der Waals surface area contributed by atoms with Gasteiger partial charge in [-0.3, -0.25) is 4.90 Å². The van der Waals surface area contributed by atoms with Gasteiger partial charge in [-0.05, 0) is 50.7 Å². The first kappa shape index (κ1) is 12.7. The van der Waals surface area contributed by atoms with Gasteiger partial charge in [-0.1, -0.05) is 0 Å². The van der Waals surface area contributed by atoms with Crippen LogP contribution in [-0.2, 0) is 19.4 Å². The molecule has 2 heterocycles. The molecule has 4 heteroatoms. The van der Waals surface area contributed by atoms with E-state index >= 15 is 0 Å². The van der Waals surface area contributed by atoms with E-state index in [1.54, 1.807) is 0 Å². The van der Waals surface area contributed by atoms with Crippen molar-refractivity contribution >= 4 is 11.0 Å². The second kappa shape index (κ2) is 4.35. The minimum Gasteiger partial charge on any atom is -0.477 e. The van der Waals surface area contributed by atoms with Crippen molar-refractivity contribution in [2.24, 2.45) is 0 Å². The highest BCUT2D eigenvalue weighted by molar-refractivity contribution is 5.87. The zero-order chi connectivity index (χ0) is 14.8. The van der Waals surface area contributed by atoms with Gasteiger partial charge in [-0.25, -0.2) is 4.79 Å². The normalized spacial score (nSPS) is 20.8. The fraction of sp³-hybridized carbons (Fsp3) is 0.500. The first-order valence-corrected chi connectivity index (χ1v) is 8.20. The van der Waals surface area contributed by atoms with Gasteiger partial charge in [-0.15, -0.1) is 0 Å². The van der Waals surface area contributed by atoms with Crippen molar-refractivity contribution in [3.8, 4) is 5.75 Å². The average Bonchev–Trinajstić information content (AvgIpc) is 3.25. The van der Waals surface area contributed by atoms with E-state index < -0.39 is 0 Å². The minimum absolute atomic E-state index is 0.154. The van der Waals surface area contributed by atoms with Gasteiger partial charge in [-0.2, -0.15) is 0 Å². The predicted octanol–water partition coefficient (Wildman–Crippen LogP) is 2.90. The van der Waals surface area contributed by atoms with E-state index in [0.29, 0.717) is 12.8 Å². The Bertz CT molecular complexity index is 848. The molecule has 2 aliphatic carbocycles. The van der Waals surface area contributed by atoms with Gasteiger partial charge in [0.15, 0.2) is 0 Å². The smallest absolute Gasteiger partial charge is 0.339 e. The van der Waals surface area contributed by atoms with Crippen LogP contribution in [0.2, 0.25) is 0 Å². The van der Waals surface area contributed by atoms with E-state index in [0.717, 1.165) is 53.7 Å². The van der Waals surface area contributed by atoms with Crippen LogP contribution in [-0.4, -0.2) is 17.7 Å². The summed E-state index contributed by atoms with van der Waals surface area (Å²) in [5.74, 6) is 0.922. The maximum atomic E-state index is 12.2. The third-order valence-electron chi connectivity index (χ3n) is 5.33. The Hall–Kier alpha value is -1.81. The first-order chi connectivity index (χ1) is 10.7. The van der Waals surface area contributed by atoms with E-state index in [2.05, 4.69) is 11.0 Å². The van der Waals surface area contributed by atoms with Crippen LogP contribution < -0.4 is 10.4 Å². The SMILES string of the molecule is Cc1c2c(cc3c4c(c(=O)oc13)CCC4)CN(C1CC1)CO2. The van der Waals surface area contributed by atoms with Crippen molar-refractivity contribution in [1.82, 2.24) is 4.90 Å². The summed E-state index contributed by atoms with van der Waals surface area (Å²) in [7, 11) is 0. The molecule has 2 aromatic rings. The highest BCUT2D eigenvalue weighted by atomic mass is 16.5. The Kier molecular flexibility index (Phi) is 2.51. The van der Waals surface area contributed by atoms with Crippen molar-refractivity contribution in [1.29, 1.82) is 0 Å².